The van der Waals surface area contributed by atoms with Crippen LogP contribution in [0.4, 0.5) is 13.2 Å². The topological polar surface area (TPSA) is 155 Å². The molecule has 0 aromatic heterocycles. The first-order chi connectivity index (χ1) is 9.43. The summed E-state index contributed by atoms with van der Waals surface area (Å²) in [5.74, 6) is -5.11. The summed E-state index contributed by atoms with van der Waals surface area (Å²) in [6.45, 7) is 0. The van der Waals surface area contributed by atoms with Crippen molar-refractivity contribution < 1.29 is 47.7 Å². The number of alkyl halides is 3. The average molecular weight is 335 g/mol. The molecular weight excluding hydrogens is 323 g/mol. The molecule has 122 valence electrons. The van der Waals surface area contributed by atoms with Crippen molar-refractivity contribution in [2.24, 2.45) is 5.73 Å². The van der Waals surface area contributed by atoms with E-state index in [2.05, 4.69) is 0 Å². The van der Waals surface area contributed by atoms with Crippen LogP contribution in [0.25, 0.3) is 0 Å². The Kier molecular flexibility index (Phi) is 10.2. The van der Waals surface area contributed by atoms with Crippen LogP contribution in [0.3, 0.4) is 0 Å². The number of carbonyl (C=O) groups excluding carboxylic acids is 1. The highest BCUT2D eigenvalue weighted by molar-refractivity contribution is 8.00. The molecule has 0 spiro atoms. The molecule has 0 aliphatic heterocycles. The maximum atomic E-state index is 10.6. The van der Waals surface area contributed by atoms with Gasteiger partial charge in [0.25, 0.3) is 0 Å². The summed E-state index contributed by atoms with van der Waals surface area (Å²) in [5, 5.41) is 23.2. The number of nitrogens with two attached hydrogens (primary N) is 1. The van der Waals surface area contributed by atoms with Gasteiger partial charge in [-0.1, -0.05) is 0 Å². The summed E-state index contributed by atoms with van der Waals surface area (Å²) >= 11 is 0.854. The normalized spacial score (nSPS) is 13.3. The zero-order valence-electron chi connectivity index (χ0n) is 10.2. The predicted molar refractivity (Wildman–Crippen MR) is 63.9 cm³/mol. The van der Waals surface area contributed by atoms with E-state index in [4.69, 9.17) is 25.8 Å². The Balaban J connectivity index is 0. The number of hydrogen-bond donors (Lipinski definition) is 4. The van der Waals surface area contributed by atoms with Gasteiger partial charge >= 0.3 is 24.1 Å². The van der Waals surface area contributed by atoms with Crippen molar-refractivity contribution >= 4 is 36.0 Å². The van der Waals surface area contributed by atoms with Crippen molar-refractivity contribution in [2.45, 2.75) is 23.9 Å². The van der Waals surface area contributed by atoms with Crippen molar-refractivity contribution in [1.29, 1.82) is 0 Å². The third-order valence-corrected chi connectivity index (χ3v) is 2.97. The first-order valence-electron chi connectivity index (χ1n) is 5.00. The summed E-state index contributed by atoms with van der Waals surface area (Å²) in [6, 6.07) is -1.10. The van der Waals surface area contributed by atoms with Gasteiger partial charge in [-0.2, -0.15) is 13.2 Å². The lowest BCUT2D eigenvalue weighted by molar-refractivity contribution is -0.192. The van der Waals surface area contributed by atoms with E-state index in [1.807, 2.05) is 0 Å². The quantitative estimate of drug-likeness (QED) is 0.463. The number of carbonyl (C=O) groups is 4. The molecule has 21 heavy (non-hydrogen) atoms. The maximum Gasteiger partial charge on any atom is 0.490 e. The van der Waals surface area contributed by atoms with E-state index in [9.17, 15) is 27.6 Å². The molecule has 0 saturated carbocycles. The Labute approximate surface area is 120 Å². The molecule has 2 unspecified atom stereocenters. The average Bonchev–Trinajstić information content (AvgIpc) is 2.32. The fourth-order valence-electron chi connectivity index (χ4n) is 0.619. The highest BCUT2D eigenvalue weighted by Crippen LogP contribution is 2.14. The Hall–Kier alpha value is -1.82. The third kappa shape index (κ3) is 11.7. The van der Waals surface area contributed by atoms with E-state index in [0.717, 1.165) is 11.8 Å². The summed E-state index contributed by atoms with van der Waals surface area (Å²) in [7, 11) is 0. The van der Waals surface area contributed by atoms with Gasteiger partial charge in [0.2, 0.25) is 0 Å². The van der Waals surface area contributed by atoms with Crippen LogP contribution in [0.5, 0.6) is 0 Å². The highest BCUT2D eigenvalue weighted by atomic mass is 32.2. The second kappa shape index (κ2) is 9.99. The monoisotopic (exact) mass is 335 g/mol. The van der Waals surface area contributed by atoms with Crippen LogP contribution in [0, 0.1) is 0 Å². The number of halogens is 3. The summed E-state index contributed by atoms with van der Waals surface area (Å²) in [4.78, 5) is 39.8. The van der Waals surface area contributed by atoms with Gasteiger partial charge in [0.15, 0.2) is 0 Å². The van der Waals surface area contributed by atoms with Crippen LogP contribution in [-0.4, -0.2) is 62.7 Å². The highest BCUT2D eigenvalue weighted by Gasteiger charge is 2.38. The van der Waals surface area contributed by atoms with Crippen LogP contribution in [-0.2, 0) is 19.2 Å². The van der Waals surface area contributed by atoms with E-state index < -0.39 is 35.4 Å². The number of carboxylic acids is 3. The van der Waals surface area contributed by atoms with Crippen molar-refractivity contribution in [3.8, 4) is 0 Å². The van der Waals surface area contributed by atoms with Crippen molar-refractivity contribution in [2.75, 3.05) is 5.75 Å². The van der Waals surface area contributed by atoms with E-state index in [-0.39, 0.29) is 12.2 Å². The van der Waals surface area contributed by atoms with Gasteiger partial charge in [0.05, 0.1) is 0 Å². The van der Waals surface area contributed by atoms with Crippen LogP contribution in [0.2, 0.25) is 0 Å². The van der Waals surface area contributed by atoms with Gasteiger partial charge in [-0.25, -0.2) is 4.79 Å². The summed E-state index contributed by atoms with van der Waals surface area (Å²) in [5.41, 5.74) is 5.16. The van der Waals surface area contributed by atoms with Gasteiger partial charge < -0.3 is 25.8 Å². The molecule has 0 aliphatic rings. The number of thioether (sulfide) groups is 1. The van der Waals surface area contributed by atoms with Crippen molar-refractivity contribution in [3.63, 3.8) is 0 Å². The molecule has 0 amide bonds. The molecule has 0 saturated heterocycles. The smallest absolute Gasteiger partial charge is 0.480 e. The molecule has 0 bridgehead atoms. The number of aldehydes is 1. The standard InChI is InChI=1S/C7H11NO5S.C2HF3O2/c8-4(6(10)11)3-14-5(1-2-9)7(12)13;3-2(4,5)1(6)7/h2,4-5H,1,3,8H2,(H,10,11)(H,12,13);(H,6,7). The van der Waals surface area contributed by atoms with Crippen LogP contribution >= 0.6 is 11.8 Å². The molecule has 8 nitrogen and oxygen atoms in total. The predicted octanol–water partition coefficient (Wildman–Crippen LogP) is -0.193. The van der Waals surface area contributed by atoms with E-state index >= 15 is 0 Å². The molecular formula is C9H12F3NO7S. The minimum absolute atomic E-state index is 0.0276. The zero-order valence-corrected chi connectivity index (χ0v) is 11.1. The van der Waals surface area contributed by atoms with E-state index in [1.54, 1.807) is 0 Å². The molecule has 0 aromatic carbocycles. The molecule has 0 heterocycles. The van der Waals surface area contributed by atoms with Gasteiger partial charge in [0, 0.05) is 12.2 Å². The Bertz CT molecular complexity index is 388. The lowest BCUT2D eigenvalue weighted by Gasteiger charge is -2.10. The molecule has 0 radical (unpaired) electrons. The van der Waals surface area contributed by atoms with Crippen molar-refractivity contribution in [3.05, 3.63) is 0 Å². The minimum Gasteiger partial charge on any atom is -0.480 e. The van der Waals surface area contributed by atoms with Gasteiger partial charge in [0.1, 0.15) is 17.6 Å². The third-order valence-electron chi connectivity index (χ3n) is 1.62. The van der Waals surface area contributed by atoms with Crippen molar-refractivity contribution in [1.82, 2.24) is 0 Å². The number of hydrogen-bond acceptors (Lipinski definition) is 6. The Morgan fingerprint density at radius 1 is 1.14 bits per heavy atom. The molecule has 0 aromatic rings. The molecule has 2 atom stereocenters. The van der Waals surface area contributed by atoms with Gasteiger partial charge in [-0.3, -0.25) is 9.59 Å². The van der Waals surface area contributed by atoms with Crippen LogP contribution < -0.4 is 5.73 Å². The second-order valence-electron chi connectivity index (χ2n) is 3.31. The Morgan fingerprint density at radius 3 is 1.81 bits per heavy atom. The fourth-order valence-corrected chi connectivity index (χ4v) is 1.56. The molecule has 0 aliphatic carbocycles. The van der Waals surface area contributed by atoms with Crippen LogP contribution in [0.1, 0.15) is 6.42 Å². The van der Waals surface area contributed by atoms with Crippen LogP contribution in [0.15, 0.2) is 0 Å². The van der Waals surface area contributed by atoms with E-state index in [0.29, 0.717) is 6.29 Å². The first kappa shape index (κ1) is 21.5. The number of carboxylic acid groups (broad SMARTS) is 3. The van der Waals surface area contributed by atoms with E-state index in [1.165, 1.54) is 0 Å². The molecule has 12 heteroatoms. The maximum absolute atomic E-state index is 10.6. The number of aliphatic carboxylic acids is 3. The molecule has 0 rings (SSSR count). The summed E-state index contributed by atoms with van der Waals surface area (Å²) < 4.78 is 31.7. The fraction of sp³-hybridized carbons (Fsp3) is 0.556. The lowest BCUT2D eigenvalue weighted by Crippen LogP contribution is -2.34. The lowest BCUT2D eigenvalue weighted by atomic mass is 10.3. The SMILES string of the molecule is NC(CSC(CC=O)C(=O)O)C(=O)O.O=C(O)C(F)(F)F. The molecule has 5 N–H and O–H groups in total. The largest absolute Gasteiger partial charge is 0.490 e. The molecule has 0 fully saturated rings. The Morgan fingerprint density at radius 2 is 1.57 bits per heavy atom. The van der Waals surface area contributed by atoms with Gasteiger partial charge in [-0.15, -0.1) is 11.8 Å². The first-order valence-corrected chi connectivity index (χ1v) is 6.04. The zero-order chi connectivity index (χ0) is 17.2. The minimum atomic E-state index is -5.08. The second-order valence-corrected chi connectivity index (χ2v) is 4.55. The number of rotatable bonds is 7. The summed E-state index contributed by atoms with van der Waals surface area (Å²) in [6.07, 6.45) is -4.75. The van der Waals surface area contributed by atoms with Gasteiger partial charge in [-0.05, 0) is 0 Å².